The van der Waals surface area contributed by atoms with Gasteiger partial charge in [-0.3, -0.25) is 9.59 Å². The second kappa shape index (κ2) is 9.91. The van der Waals surface area contributed by atoms with Gasteiger partial charge >= 0.3 is 0 Å². The third-order valence-electron chi connectivity index (χ3n) is 5.62. The molecule has 9 heteroatoms. The summed E-state index contributed by atoms with van der Waals surface area (Å²) in [5, 5.41) is 3.33. The van der Waals surface area contributed by atoms with Crippen LogP contribution in [0.15, 0.2) is 29.2 Å². The number of piperidine rings is 2. The predicted molar refractivity (Wildman–Crippen MR) is 111 cm³/mol. The molecule has 2 aliphatic heterocycles. The van der Waals surface area contributed by atoms with Gasteiger partial charge in [-0.2, -0.15) is 4.31 Å². The molecule has 1 N–H and O–H groups in total. The average Bonchev–Trinajstić information content (AvgIpc) is 2.74. The van der Waals surface area contributed by atoms with Crippen molar-refractivity contribution in [1.29, 1.82) is 0 Å². The standard InChI is InChI=1S/C20H28ClN3O4S/c21-17-4-6-18(7-5-17)29(27,28)24-14-9-16(10-15-24)20(26)22-11-8-19(25)23-12-2-1-3-13-23/h4-7,16H,1-3,8-15H2,(H,22,26). The Hall–Kier alpha value is -1.64. The predicted octanol–water partition coefficient (Wildman–Crippen LogP) is 2.26. The SMILES string of the molecule is O=C(NCCC(=O)N1CCCCC1)C1CCN(S(=O)(=O)c2ccc(Cl)cc2)CC1. The molecular formula is C20H28ClN3O4S. The number of sulfonamides is 1. The molecule has 29 heavy (non-hydrogen) atoms. The van der Waals surface area contributed by atoms with Crippen LogP contribution in [0.1, 0.15) is 38.5 Å². The molecule has 1 aromatic carbocycles. The summed E-state index contributed by atoms with van der Waals surface area (Å²) in [7, 11) is -3.58. The first-order valence-electron chi connectivity index (χ1n) is 10.2. The van der Waals surface area contributed by atoms with E-state index in [1.165, 1.54) is 22.9 Å². The van der Waals surface area contributed by atoms with Gasteiger partial charge in [0.05, 0.1) is 4.90 Å². The molecule has 160 valence electrons. The molecule has 7 nitrogen and oxygen atoms in total. The van der Waals surface area contributed by atoms with Gasteiger partial charge in [-0.15, -0.1) is 0 Å². The number of carbonyl (C=O) groups excluding carboxylic acids is 2. The third-order valence-corrected chi connectivity index (χ3v) is 7.79. The number of halogens is 1. The van der Waals surface area contributed by atoms with E-state index in [4.69, 9.17) is 11.6 Å². The lowest BCUT2D eigenvalue weighted by molar-refractivity contribution is -0.132. The van der Waals surface area contributed by atoms with Crippen LogP contribution >= 0.6 is 11.6 Å². The summed E-state index contributed by atoms with van der Waals surface area (Å²) in [6.45, 7) is 2.56. The van der Waals surface area contributed by atoms with E-state index < -0.39 is 10.0 Å². The van der Waals surface area contributed by atoms with Crippen molar-refractivity contribution >= 4 is 33.4 Å². The summed E-state index contributed by atoms with van der Waals surface area (Å²) in [5.74, 6) is -0.231. The van der Waals surface area contributed by atoms with Crippen LogP contribution in [0.5, 0.6) is 0 Å². The zero-order valence-electron chi connectivity index (χ0n) is 16.5. The van der Waals surface area contributed by atoms with E-state index >= 15 is 0 Å². The van der Waals surface area contributed by atoms with Gasteiger partial charge in [0.15, 0.2) is 0 Å². The van der Waals surface area contributed by atoms with Crippen LogP contribution < -0.4 is 5.32 Å². The van der Waals surface area contributed by atoms with Crippen molar-refractivity contribution in [2.24, 2.45) is 5.92 Å². The van der Waals surface area contributed by atoms with Crippen molar-refractivity contribution in [3.8, 4) is 0 Å². The first-order chi connectivity index (χ1) is 13.9. The molecule has 0 radical (unpaired) electrons. The van der Waals surface area contributed by atoms with E-state index in [0.717, 1.165) is 25.9 Å². The number of benzene rings is 1. The number of likely N-dealkylation sites (tertiary alicyclic amines) is 1. The fourth-order valence-corrected chi connectivity index (χ4v) is 5.45. The summed E-state index contributed by atoms with van der Waals surface area (Å²) >= 11 is 5.83. The minimum absolute atomic E-state index is 0.0916. The maximum atomic E-state index is 12.7. The molecule has 2 heterocycles. The fraction of sp³-hybridized carbons (Fsp3) is 0.600. The monoisotopic (exact) mass is 441 g/mol. The van der Waals surface area contributed by atoms with Gasteiger partial charge in [-0.05, 0) is 56.4 Å². The van der Waals surface area contributed by atoms with E-state index in [0.29, 0.717) is 43.9 Å². The smallest absolute Gasteiger partial charge is 0.243 e. The average molecular weight is 442 g/mol. The first kappa shape index (κ1) is 22.1. The number of carbonyl (C=O) groups is 2. The van der Waals surface area contributed by atoms with Gasteiger partial charge in [0.25, 0.3) is 0 Å². The summed E-state index contributed by atoms with van der Waals surface area (Å²) in [5.41, 5.74) is 0. The van der Waals surface area contributed by atoms with E-state index in [2.05, 4.69) is 5.32 Å². The topological polar surface area (TPSA) is 86.8 Å². The molecule has 2 fully saturated rings. The molecule has 0 aromatic heterocycles. The Morgan fingerprint density at radius 3 is 2.24 bits per heavy atom. The maximum Gasteiger partial charge on any atom is 0.243 e. The largest absolute Gasteiger partial charge is 0.355 e. The van der Waals surface area contributed by atoms with Crippen LogP contribution in [-0.2, 0) is 19.6 Å². The number of rotatable bonds is 6. The Balaban J connectivity index is 1.43. The number of hydrogen-bond acceptors (Lipinski definition) is 4. The Labute approximate surface area is 177 Å². The molecular weight excluding hydrogens is 414 g/mol. The van der Waals surface area contributed by atoms with Crippen LogP contribution in [0.4, 0.5) is 0 Å². The van der Waals surface area contributed by atoms with E-state index in [9.17, 15) is 18.0 Å². The number of nitrogens with zero attached hydrogens (tertiary/aromatic N) is 2. The first-order valence-corrected chi connectivity index (χ1v) is 12.0. The highest BCUT2D eigenvalue weighted by atomic mass is 35.5. The summed E-state index contributed by atoms with van der Waals surface area (Å²) in [6, 6.07) is 6.10. The normalized spacial score (nSPS) is 19.1. The van der Waals surface area contributed by atoms with E-state index in [1.807, 2.05) is 4.90 Å². The molecule has 1 aromatic rings. The number of hydrogen-bond donors (Lipinski definition) is 1. The van der Waals surface area contributed by atoms with Crippen LogP contribution in [0, 0.1) is 5.92 Å². The molecule has 0 unspecified atom stereocenters. The van der Waals surface area contributed by atoms with E-state index in [-0.39, 0.29) is 22.6 Å². The lowest BCUT2D eigenvalue weighted by Gasteiger charge is -2.30. The molecule has 2 aliphatic rings. The van der Waals surface area contributed by atoms with Crippen molar-refractivity contribution < 1.29 is 18.0 Å². The van der Waals surface area contributed by atoms with Crippen molar-refractivity contribution in [2.45, 2.75) is 43.4 Å². The van der Waals surface area contributed by atoms with Gasteiger partial charge in [-0.25, -0.2) is 8.42 Å². The van der Waals surface area contributed by atoms with Crippen molar-refractivity contribution in [2.75, 3.05) is 32.7 Å². The van der Waals surface area contributed by atoms with Gasteiger partial charge in [0.1, 0.15) is 0 Å². The summed E-state index contributed by atoms with van der Waals surface area (Å²) in [6.07, 6.45) is 4.53. The Kier molecular flexibility index (Phi) is 7.54. The molecule has 2 saturated heterocycles. The van der Waals surface area contributed by atoms with E-state index in [1.54, 1.807) is 12.1 Å². The minimum atomic E-state index is -3.58. The third kappa shape index (κ3) is 5.71. The van der Waals surface area contributed by atoms with Crippen molar-refractivity contribution in [1.82, 2.24) is 14.5 Å². The van der Waals surface area contributed by atoms with Crippen LogP contribution in [0.25, 0.3) is 0 Å². The highest BCUT2D eigenvalue weighted by molar-refractivity contribution is 7.89. The fourth-order valence-electron chi connectivity index (χ4n) is 3.85. The van der Waals surface area contributed by atoms with Crippen molar-refractivity contribution in [3.05, 3.63) is 29.3 Å². The van der Waals surface area contributed by atoms with Gasteiger partial charge in [0.2, 0.25) is 21.8 Å². The van der Waals surface area contributed by atoms with Gasteiger partial charge < -0.3 is 10.2 Å². The Morgan fingerprint density at radius 2 is 1.62 bits per heavy atom. The second-order valence-electron chi connectivity index (χ2n) is 7.61. The molecule has 0 atom stereocenters. The highest BCUT2D eigenvalue weighted by Gasteiger charge is 2.32. The molecule has 0 bridgehead atoms. The lowest BCUT2D eigenvalue weighted by atomic mass is 9.97. The number of nitrogens with one attached hydrogen (secondary N) is 1. The minimum Gasteiger partial charge on any atom is -0.355 e. The van der Waals surface area contributed by atoms with Crippen LogP contribution in [0.2, 0.25) is 5.02 Å². The maximum absolute atomic E-state index is 12.7. The summed E-state index contributed by atoms with van der Waals surface area (Å²) < 4.78 is 26.8. The molecule has 0 spiro atoms. The summed E-state index contributed by atoms with van der Waals surface area (Å²) in [4.78, 5) is 26.6. The van der Waals surface area contributed by atoms with Crippen molar-refractivity contribution in [3.63, 3.8) is 0 Å². The molecule has 2 amide bonds. The molecule has 0 aliphatic carbocycles. The Morgan fingerprint density at radius 1 is 1.00 bits per heavy atom. The Bertz CT molecular complexity index is 815. The highest BCUT2D eigenvalue weighted by Crippen LogP contribution is 2.25. The van der Waals surface area contributed by atoms with Crippen LogP contribution in [0.3, 0.4) is 0 Å². The quantitative estimate of drug-likeness (QED) is 0.733. The lowest BCUT2D eigenvalue weighted by Crippen LogP contribution is -2.43. The second-order valence-corrected chi connectivity index (χ2v) is 9.99. The molecule has 3 rings (SSSR count). The zero-order valence-corrected chi connectivity index (χ0v) is 18.1. The number of amides is 2. The van der Waals surface area contributed by atoms with Crippen LogP contribution in [-0.4, -0.2) is 62.2 Å². The van der Waals surface area contributed by atoms with Gasteiger partial charge in [0, 0.05) is 50.1 Å². The van der Waals surface area contributed by atoms with Gasteiger partial charge in [-0.1, -0.05) is 11.6 Å². The molecule has 0 saturated carbocycles. The zero-order chi connectivity index (χ0) is 20.9.